The van der Waals surface area contributed by atoms with Gasteiger partial charge in [-0.05, 0) is 18.2 Å². The van der Waals surface area contributed by atoms with Crippen molar-refractivity contribution < 1.29 is 9.21 Å². The van der Waals surface area contributed by atoms with Gasteiger partial charge in [0.2, 0.25) is 0 Å². The van der Waals surface area contributed by atoms with E-state index in [1.165, 1.54) is 11.0 Å². The van der Waals surface area contributed by atoms with E-state index >= 15 is 0 Å². The molecule has 26 heavy (non-hydrogen) atoms. The number of para-hydroxylation sites is 1. The van der Waals surface area contributed by atoms with E-state index in [4.69, 9.17) is 4.42 Å². The number of hydrogen-bond acceptors (Lipinski definition) is 6. The molecule has 0 aliphatic carbocycles. The first-order chi connectivity index (χ1) is 12.8. The minimum atomic E-state index is -0.337. The SMILES string of the molecule is O=C(NCc1nccnc1-c1ccoc1)c1cnn(-c2ccccc2)n1. The molecule has 1 N–H and O–H groups in total. The minimum absolute atomic E-state index is 0.214. The number of benzene rings is 1. The summed E-state index contributed by atoms with van der Waals surface area (Å²) >= 11 is 0. The van der Waals surface area contributed by atoms with Crippen molar-refractivity contribution >= 4 is 5.91 Å². The van der Waals surface area contributed by atoms with Crippen LogP contribution in [0.25, 0.3) is 16.9 Å². The van der Waals surface area contributed by atoms with Crippen molar-refractivity contribution in [2.75, 3.05) is 0 Å². The van der Waals surface area contributed by atoms with Crippen LogP contribution >= 0.6 is 0 Å². The van der Waals surface area contributed by atoms with Gasteiger partial charge in [-0.25, -0.2) is 0 Å². The highest BCUT2D eigenvalue weighted by Gasteiger charge is 2.14. The van der Waals surface area contributed by atoms with Crippen molar-refractivity contribution in [3.8, 4) is 16.9 Å². The summed E-state index contributed by atoms with van der Waals surface area (Å²) < 4.78 is 5.09. The van der Waals surface area contributed by atoms with Gasteiger partial charge in [0.25, 0.3) is 5.91 Å². The van der Waals surface area contributed by atoms with Crippen LogP contribution in [-0.4, -0.2) is 30.9 Å². The minimum Gasteiger partial charge on any atom is -0.472 e. The summed E-state index contributed by atoms with van der Waals surface area (Å²) in [6.45, 7) is 0.214. The Balaban J connectivity index is 1.48. The number of aromatic nitrogens is 5. The maximum absolute atomic E-state index is 12.4. The van der Waals surface area contributed by atoms with Gasteiger partial charge in [-0.2, -0.15) is 9.90 Å². The maximum Gasteiger partial charge on any atom is 0.273 e. The van der Waals surface area contributed by atoms with Gasteiger partial charge in [0.1, 0.15) is 0 Å². The van der Waals surface area contributed by atoms with Crippen molar-refractivity contribution in [2.24, 2.45) is 0 Å². The Morgan fingerprint density at radius 1 is 1.12 bits per heavy atom. The molecule has 0 saturated heterocycles. The van der Waals surface area contributed by atoms with Crippen LogP contribution in [0, 0.1) is 0 Å². The Hall–Kier alpha value is -3.81. The number of carbonyl (C=O) groups is 1. The third-order valence-corrected chi connectivity index (χ3v) is 3.70. The number of nitrogens with one attached hydrogen (secondary N) is 1. The fraction of sp³-hybridized carbons (Fsp3) is 0.0556. The predicted octanol–water partition coefficient (Wildman–Crippen LogP) is 2.25. The fourth-order valence-corrected chi connectivity index (χ4v) is 2.44. The molecule has 0 fully saturated rings. The van der Waals surface area contributed by atoms with E-state index in [2.05, 4.69) is 25.5 Å². The molecule has 8 heteroatoms. The third-order valence-electron chi connectivity index (χ3n) is 3.70. The molecule has 0 bridgehead atoms. The first-order valence-electron chi connectivity index (χ1n) is 7.90. The van der Waals surface area contributed by atoms with Gasteiger partial charge in [0.05, 0.1) is 42.3 Å². The van der Waals surface area contributed by atoms with Crippen molar-refractivity contribution in [1.82, 2.24) is 30.3 Å². The highest BCUT2D eigenvalue weighted by Crippen LogP contribution is 2.19. The summed E-state index contributed by atoms with van der Waals surface area (Å²) in [5.74, 6) is -0.337. The first kappa shape index (κ1) is 15.7. The highest BCUT2D eigenvalue weighted by molar-refractivity contribution is 5.91. The zero-order valence-electron chi connectivity index (χ0n) is 13.6. The average molecular weight is 346 g/mol. The van der Waals surface area contributed by atoms with Gasteiger partial charge in [-0.15, -0.1) is 5.10 Å². The first-order valence-corrected chi connectivity index (χ1v) is 7.90. The number of rotatable bonds is 5. The molecule has 8 nitrogen and oxygen atoms in total. The Kier molecular flexibility index (Phi) is 4.21. The Morgan fingerprint density at radius 2 is 1.96 bits per heavy atom. The van der Waals surface area contributed by atoms with Crippen LogP contribution in [0.15, 0.2) is 71.9 Å². The molecule has 0 aliphatic heterocycles. The lowest BCUT2D eigenvalue weighted by molar-refractivity contribution is 0.0945. The van der Waals surface area contributed by atoms with Crippen molar-refractivity contribution in [3.63, 3.8) is 0 Å². The van der Waals surface area contributed by atoms with E-state index in [0.717, 1.165) is 11.3 Å². The van der Waals surface area contributed by atoms with Gasteiger partial charge < -0.3 is 9.73 Å². The number of furan rings is 1. The van der Waals surface area contributed by atoms with Crippen LogP contribution in [0.1, 0.15) is 16.2 Å². The van der Waals surface area contributed by atoms with Crippen LogP contribution in [0.5, 0.6) is 0 Å². The largest absolute Gasteiger partial charge is 0.472 e. The summed E-state index contributed by atoms with van der Waals surface area (Å²) in [6.07, 6.45) is 7.75. The predicted molar refractivity (Wildman–Crippen MR) is 92.3 cm³/mol. The second-order valence-corrected chi connectivity index (χ2v) is 5.40. The molecule has 3 aromatic heterocycles. The lowest BCUT2D eigenvalue weighted by atomic mass is 10.2. The number of carbonyl (C=O) groups excluding carboxylic acids is 1. The molecular weight excluding hydrogens is 332 g/mol. The average Bonchev–Trinajstić information content (AvgIpc) is 3.39. The monoisotopic (exact) mass is 346 g/mol. The normalized spacial score (nSPS) is 10.6. The Bertz CT molecular complexity index is 1010. The van der Waals surface area contributed by atoms with Crippen molar-refractivity contribution in [1.29, 1.82) is 0 Å². The van der Waals surface area contributed by atoms with E-state index in [9.17, 15) is 4.79 Å². The van der Waals surface area contributed by atoms with Crippen molar-refractivity contribution in [2.45, 2.75) is 6.54 Å². The molecule has 128 valence electrons. The summed E-state index contributed by atoms with van der Waals surface area (Å²) in [6, 6.07) is 11.2. The van der Waals surface area contributed by atoms with Gasteiger partial charge in [-0.3, -0.25) is 14.8 Å². The molecule has 3 heterocycles. The Labute approximate surface area is 148 Å². The number of amides is 1. The summed E-state index contributed by atoms with van der Waals surface area (Å²) in [7, 11) is 0. The lowest BCUT2D eigenvalue weighted by Crippen LogP contribution is -2.24. The van der Waals surface area contributed by atoms with Crippen LogP contribution in [0.4, 0.5) is 0 Å². The van der Waals surface area contributed by atoms with E-state index < -0.39 is 0 Å². The maximum atomic E-state index is 12.4. The molecule has 1 amide bonds. The molecule has 1 aromatic carbocycles. The standard InChI is InChI=1S/C18H14N6O2/c25-18(16-11-22-24(23-16)14-4-2-1-3-5-14)21-10-15-17(20-8-7-19-15)13-6-9-26-12-13/h1-9,11-12H,10H2,(H,21,25). The zero-order valence-corrected chi connectivity index (χ0v) is 13.6. The van der Waals surface area contributed by atoms with Gasteiger partial charge in [0, 0.05) is 18.0 Å². The van der Waals surface area contributed by atoms with Crippen molar-refractivity contribution in [3.05, 3.63) is 78.9 Å². The zero-order chi connectivity index (χ0) is 17.8. The number of hydrogen-bond donors (Lipinski definition) is 1. The highest BCUT2D eigenvalue weighted by atomic mass is 16.3. The van der Waals surface area contributed by atoms with Crippen LogP contribution in [0.2, 0.25) is 0 Å². The van der Waals surface area contributed by atoms with Gasteiger partial charge in [-0.1, -0.05) is 18.2 Å². The second-order valence-electron chi connectivity index (χ2n) is 5.40. The molecule has 0 saturated carbocycles. The van der Waals surface area contributed by atoms with E-state index in [1.807, 2.05) is 30.3 Å². The Morgan fingerprint density at radius 3 is 2.77 bits per heavy atom. The molecule has 0 atom stereocenters. The summed E-state index contributed by atoms with van der Waals surface area (Å²) in [5, 5.41) is 11.1. The third kappa shape index (κ3) is 3.20. The molecule has 0 spiro atoms. The molecule has 4 rings (SSSR count). The second kappa shape index (κ2) is 6.98. The van der Waals surface area contributed by atoms with Crippen LogP contribution in [0.3, 0.4) is 0 Å². The molecule has 4 aromatic rings. The van der Waals surface area contributed by atoms with Gasteiger partial charge >= 0.3 is 0 Å². The topological polar surface area (TPSA) is 98.7 Å². The van der Waals surface area contributed by atoms with Crippen LogP contribution in [-0.2, 0) is 6.54 Å². The fourth-order valence-electron chi connectivity index (χ4n) is 2.44. The number of nitrogens with zero attached hydrogens (tertiary/aromatic N) is 5. The molecular formula is C18H14N6O2. The molecule has 0 unspecified atom stereocenters. The quantitative estimate of drug-likeness (QED) is 0.595. The van der Waals surface area contributed by atoms with Gasteiger partial charge in [0.15, 0.2) is 5.69 Å². The lowest BCUT2D eigenvalue weighted by Gasteiger charge is -2.06. The van der Waals surface area contributed by atoms with E-state index in [-0.39, 0.29) is 18.1 Å². The summed E-state index contributed by atoms with van der Waals surface area (Å²) in [5.41, 5.74) is 3.11. The molecule has 0 radical (unpaired) electrons. The van der Waals surface area contributed by atoms with Crippen LogP contribution < -0.4 is 5.32 Å². The summed E-state index contributed by atoms with van der Waals surface area (Å²) in [4.78, 5) is 22.4. The van der Waals surface area contributed by atoms with E-state index in [1.54, 1.807) is 31.0 Å². The molecule has 0 aliphatic rings. The smallest absolute Gasteiger partial charge is 0.273 e. The van der Waals surface area contributed by atoms with E-state index in [0.29, 0.717) is 11.4 Å².